The Morgan fingerprint density at radius 2 is 1.37 bits per heavy atom. The van der Waals surface area contributed by atoms with E-state index in [1.54, 1.807) is 6.92 Å². The highest BCUT2D eigenvalue weighted by atomic mass is 16.1. The first-order valence-electron chi connectivity index (χ1n) is 11.1. The average Bonchev–Trinajstić information content (AvgIpc) is 3.00. The van der Waals surface area contributed by atoms with Crippen LogP contribution in [0.5, 0.6) is 0 Å². The van der Waals surface area contributed by atoms with E-state index in [-0.39, 0.29) is 11.2 Å². The first-order valence-corrected chi connectivity index (χ1v) is 11.1. The van der Waals surface area contributed by atoms with E-state index in [4.69, 9.17) is 0 Å². The molecule has 2 heteroatoms. The molecule has 0 radical (unpaired) electrons. The Morgan fingerprint density at radius 1 is 0.767 bits per heavy atom. The first kappa shape index (κ1) is 19.1. The second-order valence-corrected chi connectivity index (χ2v) is 9.30. The fraction of sp³-hybridized carbons (Fsp3) is 0.321. The maximum absolute atomic E-state index is 11.6. The van der Waals surface area contributed by atoms with Crippen molar-refractivity contribution in [3.63, 3.8) is 0 Å². The third-order valence-electron chi connectivity index (χ3n) is 7.01. The maximum atomic E-state index is 11.6. The summed E-state index contributed by atoms with van der Waals surface area (Å²) in [6.07, 6.45) is 3.95. The summed E-state index contributed by atoms with van der Waals surface area (Å²) < 4.78 is 0. The van der Waals surface area contributed by atoms with Crippen LogP contribution >= 0.6 is 0 Å². The molecule has 0 spiro atoms. The molecule has 0 bridgehead atoms. The minimum atomic E-state index is -0.0220. The van der Waals surface area contributed by atoms with Crippen LogP contribution in [-0.2, 0) is 5.41 Å². The predicted molar refractivity (Wildman–Crippen MR) is 126 cm³/mol. The molecule has 2 nitrogen and oxygen atoms in total. The SMILES string of the molecule is CC(=O)c1ccc(-c2ccc3c(c2)C(C)(C)c2cc(N4CCCCC4)ccc2-3)cc1. The summed E-state index contributed by atoms with van der Waals surface area (Å²) in [5.41, 5.74) is 10.0. The quantitative estimate of drug-likeness (QED) is 0.452. The fourth-order valence-electron chi connectivity index (χ4n) is 5.15. The molecule has 0 amide bonds. The van der Waals surface area contributed by atoms with Gasteiger partial charge in [0.05, 0.1) is 0 Å². The number of piperidine rings is 1. The summed E-state index contributed by atoms with van der Waals surface area (Å²) in [7, 11) is 0. The largest absolute Gasteiger partial charge is 0.372 e. The van der Waals surface area contributed by atoms with Gasteiger partial charge in [-0.25, -0.2) is 0 Å². The Balaban J connectivity index is 1.53. The van der Waals surface area contributed by atoms with Gasteiger partial charge in [-0.3, -0.25) is 4.79 Å². The second kappa shape index (κ2) is 7.12. The van der Waals surface area contributed by atoms with E-state index in [0.29, 0.717) is 0 Å². The monoisotopic (exact) mass is 395 g/mol. The zero-order valence-electron chi connectivity index (χ0n) is 18.2. The van der Waals surface area contributed by atoms with Crippen LogP contribution in [0.2, 0.25) is 0 Å². The van der Waals surface area contributed by atoms with Gasteiger partial charge in [0.1, 0.15) is 0 Å². The summed E-state index contributed by atoms with van der Waals surface area (Å²) in [6.45, 7) is 8.65. The van der Waals surface area contributed by atoms with Crippen molar-refractivity contribution in [2.75, 3.05) is 18.0 Å². The molecule has 1 saturated heterocycles. The van der Waals surface area contributed by atoms with Crippen LogP contribution in [0.3, 0.4) is 0 Å². The van der Waals surface area contributed by atoms with E-state index in [1.807, 2.05) is 12.1 Å². The molecule has 3 aromatic rings. The number of anilines is 1. The third kappa shape index (κ3) is 3.06. The minimum Gasteiger partial charge on any atom is -0.372 e. The summed E-state index contributed by atoms with van der Waals surface area (Å²) >= 11 is 0. The van der Waals surface area contributed by atoms with Crippen LogP contribution in [-0.4, -0.2) is 18.9 Å². The van der Waals surface area contributed by atoms with Crippen LogP contribution in [0.15, 0.2) is 60.7 Å². The standard InChI is InChI=1S/C28H29NO/c1-19(30)20-7-9-21(10-8-20)22-11-13-24-25-14-12-23(29-15-5-4-6-16-29)18-27(25)28(2,3)26(24)17-22/h7-14,17-18H,4-6,15-16H2,1-3H3. The second-order valence-electron chi connectivity index (χ2n) is 9.30. The molecular formula is C28H29NO. The van der Waals surface area contributed by atoms with Crippen molar-refractivity contribution in [2.24, 2.45) is 0 Å². The van der Waals surface area contributed by atoms with Crippen molar-refractivity contribution in [3.8, 4) is 22.3 Å². The van der Waals surface area contributed by atoms with Gasteiger partial charge in [0.2, 0.25) is 0 Å². The molecule has 1 heterocycles. The van der Waals surface area contributed by atoms with Crippen molar-refractivity contribution in [1.82, 2.24) is 0 Å². The highest BCUT2D eigenvalue weighted by Crippen LogP contribution is 2.50. The van der Waals surface area contributed by atoms with Gasteiger partial charge >= 0.3 is 0 Å². The highest BCUT2D eigenvalue weighted by molar-refractivity contribution is 5.94. The maximum Gasteiger partial charge on any atom is 0.159 e. The van der Waals surface area contributed by atoms with Gasteiger partial charge in [-0.15, -0.1) is 0 Å². The van der Waals surface area contributed by atoms with Crippen molar-refractivity contribution in [2.45, 2.75) is 45.4 Å². The summed E-state index contributed by atoms with van der Waals surface area (Å²) in [6, 6.07) is 21.9. The Morgan fingerprint density at radius 3 is 2.03 bits per heavy atom. The number of rotatable bonds is 3. The molecule has 5 rings (SSSR count). The summed E-state index contributed by atoms with van der Waals surface area (Å²) in [5, 5.41) is 0. The van der Waals surface area contributed by atoms with Crippen LogP contribution in [0.1, 0.15) is 61.5 Å². The van der Waals surface area contributed by atoms with Crippen LogP contribution < -0.4 is 4.90 Å². The van der Waals surface area contributed by atoms with E-state index < -0.39 is 0 Å². The van der Waals surface area contributed by atoms with Gasteiger partial charge in [-0.1, -0.05) is 56.3 Å². The lowest BCUT2D eigenvalue weighted by atomic mass is 9.81. The van der Waals surface area contributed by atoms with Gasteiger partial charge in [0, 0.05) is 29.8 Å². The predicted octanol–water partition coefficient (Wildman–Crippen LogP) is 6.85. The van der Waals surface area contributed by atoms with Gasteiger partial charge < -0.3 is 4.90 Å². The third-order valence-corrected chi connectivity index (χ3v) is 7.01. The van der Waals surface area contributed by atoms with Gasteiger partial charge in [-0.2, -0.15) is 0 Å². The number of fused-ring (bicyclic) bond motifs is 3. The van der Waals surface area contributed by atoms with E-state index in [2.05, 4.69) is 67.3 Å². The number of nitrogens with zero attached hydrogens (tertiary/aromatic N) is 1. The Bertz CT molecular complexity index is 1120. The minimum absolute atomic E-state index is 0.0220. The summed E-state index contributed by atoms with van der Waals surface area (Å²) in [5.74, 6) is 0.108. The molecule has 1 fully saturated rings. The molecule has 0 saturated carbocycles. The van der Waals surface area contributed by atoms with Crippen molar-refractivity contribution in [3.05, 3.63) is 77.4 Å². The van der Waals surface area contributed by atoms with E-state index >= 15 is 0 Å². The Hall–Kier alpha value is -2.87. The van der Waals surface area contributed by atoms with E-state index in [1.165, 1.54) is 65.9 Å². The zero-order chi connectivity index (χ0) is 20.9. The molecule has 0 unspecified atom stereocenters. The highest BCUT2D eigenvalue weighted by Gasteiger charge is 2.36. The number of carbonyl (C=O) groups is 1. The number of benzene rings is 3. The smallest absolute Gasteiger partial charge is 0.159 e. The van der Waals surface area contributed by atoms with Crippen LogP contribution in [0.25, 0.3) is 22.3 Å². The molecule has 2 aliphatic rings. The molecule has 152 valence electrons. The number of Topliss-reactive ketones (excluding diaryl/α,β-unsaturated/α-hetero) is 1. The van der Waals surface area contributed by atoms with Crippen molar-refractivity contribution < 1.29 is 4.79 Å². The molecule has 1 aliphatic carbocycles. The van der Waals surface area contributed by atoms with Gasteiger partial charge in [0.25, 0.3) is 0 Å². The number of ketones is 1. The van der Waals surface area contributed by atoms with Crippen LogP contribution in [0.4, 0.5) is 5.69 Å². The topological polar surface area (TPSA) is 20.3 Å². The average molecular weight is 396 g/mol. The number of hydrogen-bond acceptors (Lipinski definition) is 2. The lowest BCUT2D eigenvalue weighted by molar-refractivity contribution is 0.101. The Kier molecular flexibility index (Phi) is 4.54. The molecule has 3 aromatic carbocycles. The van der Waals surface area contributed by atoms with E-state index in [9.17, 15) is 4.79 Å². The lowest BCUT2D eigenvalue weighted by Crippen LogP contribution is -2.29. The molecule has 0 N–H and O–H groups in total. The lowest BCUT2D eigenvalue weighted by Gasteiger charge is -2.30. The van der Waals surface area contributed by atoms with Crippen molar-refractivity contribution >= 4 is 11.5 Å². The zero-order valence-corrected chi connectivity index (χ0v) is 18.2. The molecule has 0 atom stereocenters. The number of carbonyl (C=O) groups excluding carboxylic acids is 1. The van der Waals surface area contributed by atoms with E-state index in [0.717, 1.165) is 11.1 Å². The molecule has 30 heavy (non-hydrogen) atoms. The van der Waals surface area contributed by atoms with Gasteiger partial charge in [-0.05, 0) is 77.8 Å². The molecule has 0 aromatic heterocycles. The van der Waals surface area contributed by atoms with Gasteiger partial charge in [0.15, 0.2) is 5.78 Å². The Labute approximate surface area is 179 Å². The molecule has 1 aliphatic heterocycles. The normalized spacial score (nSPS) is 16.8. The number of hydrogen-bond donors (Lipinski definition) is 0. The van der Waals surface area contributed by atoms with Crippen LogP contribution in [0, 0.1) is 0 Å². The fourth-order valence-corrected chi connectivity index (χ4v) is 5.15. The first-order chi connectivity index (χ1) is 14.4. The summed E-state index contributed by atoms with van der Waals surface area (Å²) in [4.78, 5) is 14.1. The van der Waals surface area contributed by atoms with Crippen molar-refractivity contribution in [1.29, 1.82) is 0 Å². The molecular weight excluding hydrogens is 366 g/mol.